The predicted molar refractivity (Wildman–Crippen MR) is 66.7 cm³/mol. The van der Waals surface area contributed by atoms with Crippen molar-refractivity contribution in [3.05, 3.63) is 47.2 Å². The van der Waals surface area contributed by atoms with E-state index in [4.69, 9.17) is 12.2 Å². The Morgan fingerprint density at radius 3 is 2.56 bits per heavy atom. The molecule has 2 aromatic heterocycles. The summed E-state index contributed by atoms with van der Waals surface area (Å²) in [4.78, 5) is 3.15. The lowest BCUT2D eigenvalue weighted by molar-refractivity contribution is 1.04. The van der Waals surface area contributed by atoms with Gasteiger partial charge in [-0.3, -0.25) is 5.10 Å². The van der Waals surface area contributed by atoms with E-state index in [0.29, 0.717) is 4.64 Å². The molecule has 3 rings (SSSR count). The minimum absolute atomic E-state index is 0.672. The van der Waals surface area contributed by atoms with Crippen LogP contribution in [0, 0.1) is 4.64 Å². The van der Waals surface area contributed by atoms with Gasteiger partial charge in [-0.2, -0.15) is 5.10 Å². The van der Waals surface area contributed by atoms with Crippen molar-refractivity contribution >= 4 is 23.0 Å². The second-order valence-corrected chi connectivity index (χ2v) is 3.94. The van der Waals surface area contributed by atoms with Gasteiger partial charge < -0.3 is 4.98 Å². The van der Waals surface area contributed by atoms with Crippen molar-refractivity contribution in [3.63, 3.8) is 0 Å². The molecule has 3 nitrogen and oxygen atoms in total. The van der Waals surface area contributed by atoms with Crippen LogP contribution in [0.15, 0.2) is 42.6 Å². The maximum atomic E-state index is 5.21. The van der Waals surface area contributed by atoms with Crippen molar-refractivity contribution in [1.29, 1.82) is 0 Å². The Balaban J connectivity index is 2.43. The van der Waals surface area contributed by atoms with E-state index in [-0.39, 0.29) is 0 Å². The molecule has 0 aliphatic heterocycles. The smallest absolute Gasteiger partial charge is 0.127 e. The van der Waals surface area contributed by atoms with Crippen molar-refractivity contribution in [3.8, 4) is 11.4 Å². The Hall–Kier alpha value is -1.94. The first-order valence-electron chi connectivity index (χ1n) is 4.97. The molecule has 0 radical (unpaired) electrons. The van der Waals surface area contributed by atoms with Gasteiger partial charge in [0.05, 0.1) is 5.69 Å². The number of aromatic nitrogens is 3. The third-order valence-corrected chi connectivity index (χ3v) is 2.86. The molecule has 16 heavy (non-hydrogen) atoms. The standard InChI is InChI=1S/C12H9N3S/c16-12-9-5-2-1-4-8(9)11(14-15-12)10-6-3-7-13-10/h1-7,13H,(H,15,16). The van der Waals surface area contributed by atoms with Crippen molar-refractivity contribution in [1.82, 2.24) is 15.2 Å². The number of aromatic amines is 2. The molecule has 0 unspecified atom stereocenters. The van der Waals surface area contributed by atoms with Crippen LogP contribution in [0.3, 0.4) is 0 Å². The largest absolute Gasteiger partial charge is 0.360 e. The fourth-order valence-electron chi connectivity index (χ4n) is 1.80. The van der Waals surface area contributed by atoms with E-state index in [1.165, 1.54) is 0 Å². The molecule has 0 amide bonds. The molecular formula is C12H9N3S. The maximum absolute atomic E-state index is 5.21. The monoisotopic (exact) mass is 227 g/mol. The molecule has 2 N–H and O–H groups in total. The number of nitrogens with one attached hydrogen (secondary N) is 2. The third-order valence-electron chi connectivity index (χ3n) is 2.55. The molecule has 0 saturated carbocycles. The lowest BCUT2D eigenvalue weighted by Crippen LogP contribution is -1.91. The van der Waals surface area contributed by atoms with E-state index in [9.17, 15) is 0 Å². The summed E-state index contributed by atoms with van der Waals surface area (Å²) < 4.78 is 0.672. The first-order chi connectivity index (χ1) is 7.86. The quantitative estimate of drug-likeness (QED) is 0.626. The highest BCUT2D eigenvalue weighted by molar-refractivity contribution is 7.71. The van der Waals surface area contributed by atoms with Gasteiger partial charge in [0.2, 0.25) is 0 Å². The Morgan fingerprint density at radius 1 is 1.00 bits per heavy atom. The second-order valence-electron chi connectivity index (χ2n) is 3.53. The van der Waals surface area contributed by atoms with Gasteiger partial charge in [-0.25, -0.2) is 0 Å². The number of hydrogen-bond acceptors (Lipinski definition) is 2. The second kappa shape index (κ2) is 3.57. The summed E-state index contributed by atoms with van der Waals surface area (Å²) in [5, 5.41) is 9.25. The Labute approximate surface area is 97.1 Å². The number of benzene rings is 1. The molecule has 78 valence electrons. The van der Waals surface area contributed by atoms with Crippen molar-refractivity contribution in [2.45, 2.75) is 0 Å². The van der Waals surface area contributed by atoms with Crippen molar-refractivity contribution in [2.24, 2.45) is 0 Å². The summed E-state index contributed by atoms with van der Waals surface area (Å²) in [5.74, 6) is 0. The zero-order chi connectivity index (χ0) is 11.0. The third kappa shape index (κ3) is 1.35. The van der Waals surface area contributed by atoms with Crippen LogP contribution < -0.4 is 0 Å². The van der Waals surface area contributed by atoms with Gasteiger partial charge in [-0.15, -0.1) is 0 Å². The van der Waals surface area contributed by atoms with Crippen LogP contribution in [-0.4, -0.2) is 15.2 Å². The summed E-state index contributed by atoms with van der Waals surface area (Å²) in [7, 11) is 0. The number of hydrogen-bond donors (Lipinski definition) is 2. The van der Waals surface area contributed by atoms with Crippen LogP contribution in [-0.2, 0) is 0 Å². The lowest BCUT2D eigenvalue weighted by atomic mass is 10.1. The average molecular weight is 227 g/mol. The normalized spacial score (nSPS) is 10.8. The van der Waals surface area contributed by atoms with E-state index >= 15 is 0 Å². The Bertz CT molecular complexity index is 683. The highest BCUT2D eigenvalue weighted by Crippen LogP contribution is 2.24. The first-order valence-corrected chi connectivity index (χ1v) is 5.38. The Kier molecular flexibility index (Phi) is 2.08. The molecule has 0 fully saturated rings. The molecule has 0 aliphatic rings. The molecular weight excluding hydrogens is 218 g/mol. The molecule has 4 heteroatoms. The maximum Gasteiger partial charge on any atom is 0.127 e. The van der Waals surface area contributed by atoms with Crippen molar-refractivity contribution < 1.29 is 0 Å². The minimum atomic E-state index is 0.672. The van der Waals surface area contributed by atoms with E-state index in [2.05, 4.69) is 15.2 Å². The zero-order valence-corrected chi connectivity index (χ0v) is 9.21. The van der Waals surface area contributed by atoms with E-state index in [1.54, 1.807) is 0 Å². The van der Waals surface area contributed by atoms with Gasteiger partial charge in [-0.05, 0) is 12.1 Å². The van der Waals surface area contributed by atoms with Crippen LogP contribution in [0.4, 0.5) is 0 Å². The van der Waals surface area contributed by atoms with Crippen LogP contribution in [0.25, 0.3) is 22.2 Å². The number of fused-ring (bicyclic) bond motifs is 1. The summed E-state index contributed by atoms with van der Waals surface area (Å²) in [5.41, 5.74) is 1.89. The minimum Gasteiger partial charge on any atom is -0.360 e. The van der Waals surface area contributed by atoms with Crippen LogP contribution in [0.2, 0.25) is 0 Å². The van der Waals surface area contributed by atoms with Gasteiger partial charge in [0.15, 0.2) is 0 Å². The van der Waals surface area contributed by atoms with Gasteiger partial charge >= 0.3 is 0 Å². The SMILES string of the molecule is S=c1[nH]nc(-c2ccc[nH]2)c2ccccc12. The van der Waals surface area contributed by atoms with Crippen molar-refractivity contribution in [2.75, 3.05) is 0 Å². The van der Waals surface area contributed by atoms with Gasteiger partial charge in [0, 0.05) is 17.0 Å². The fraction of sp³-hybridized carbons (Fsp3) is 0. The topological polar surface area (TPSA) is 44.5 Å². The zero-order valence-electron chi connectivity index (χ0n) is 8.40. The predicted octanol–water partition coefficient (Wildman–Crippen LogP) is 3.29. The molecule has 3 aromatic rings. The molecule has 0 atom stereocenters. The van der Waals surface area contributed by atoms with Crippen LogP contribution in [0.5, 0.6) is 0 Å². The number of rotatable bonds is 1. The summed E-state index contributed by atoms with van der Waals surface area (Å²) >= 11 is 5.21. The van der Waals surface area contributed by atoms with E-state index < -0.39 is 0 Å². The molecule has 2 heterocycles. The highest BCUT2D eigenvalue weighted by atomic mass is 32.1. The van der Waals surface area contributed by atoms with Gasteiger partial charge in [0.1, 0.15) is 10.3 Å². The summed E-state index contributed by atoms with van der Waals surface area (Å²) in [6.07, 6.45) is 1.88. The van der Waals surface area contributed by atoms with Gasteiger partial charge in [0.25, 0.3) is 0 Å². The number of H-pyrrole nitrogens is 2. The number of nitrogens with zero attached hydrogens (tertiary/aromatic N) is 1. The average Bonchev–Trinajstić information content (AvgIpc) is 2.83. The molecule has 1 aromatic carbocycles. The lowest BCUT2D eigenvalue weighted by Gasteiger charge is -2.03. The highest BCUT2D eigenvalue weighted by Gasteiger charge is 2.06. The van der Waals surface area contributed by atoms with Crippen LogP contribution in [0.1, 0.15) is 0 Å². The first kappa shape index (κ1) is 9.30. The van der Waals surface area contributed by atoms with Crippen LogP contribution >= 0.6 is 12.2 Å². The van der Waals surface area contributed by atoms with Gasteiger partial charge in [-0.1, -0.05) is 36.5 Å². The molecule has 0 aliphatic carbocycles. The van der Waals surface area contributed by atoms with E-state index in [0.717, 1.165) is 22.2 Å². The van der Waals surface area contributed by atoms with E-state index in [1.807, 2.05) is 42.6 Å². The molecule has 0 bridgehead atoms. The fourth-order valence-corrected chi connectivity index (χ4v) is 2.02. The Morgan fingerprint density at radius 2 is 1.81 bits per heavy atom. The summed E-state index contributed by atoms with van der Waals surface area (Å²) in [6, 6.07) is 11.9. The molecule has 0 spiro atoms. The molecule has 0 saturated heterocycles. The summed E-state index contributed by atoms with van der Waals surface area (Å²) in [6.45, 7) is 0.